The Kier molecular flexibility index (Phi) is 4.91. The van der Waals surface area contributed by atoms with E-state index in [1.165, 1.54) is 0 Å². The van der Waals surface area contributed by atoms with Crippen LogP contribution in [0.25, 0.3) is 0 Å². The predicted molar refractivity (Wildman–Crippen MR) is 89.1 cm³/mol. The van der Waals surface area contributed by atoms with Crippen LogP contribution in [-0.4, -0.2) is 35.7 Å². The van der Waals surface area contributed by atoms with Crippen LogP contribution in [-0.2, 0) is 4.74 Å². The minimum absolute atomic E-state index is 0.00588. The largest absolute Gasteiger partial charge is 0.367 e. The third-order valence-corrected chi connectivity index (χ3v) is 4.38. The number of rotatable bonds is 3. The van der Waals surface area contributed by atoms with E-state index in [-0.39, 0.29) is 17.2 Å². The molecule has 1 fully saturated rings. The van der Waals surface area contributed by atoms with Crippen LogP contribution in [0.5, 0.6) is 0 Å². The van der Waals surface area contributed by atoms with Crippen molar-refractivity contribution in [2.45, 2.75) is 44.9 Å². The Morgan fingerprint density at radius 1 is 1.14 bits per heavy atom. The highest BCUT2D eigenvalue weighted by atomic mass is 35.5. The Morgan fingerprint density at radius 3 is 2.05 bits per heavy atom. The zero-order valence-electron chi connectivity index (χ0n) is 13.1. The summed E-state index contributed by atoms with van der Waals surface area (Å²) in [6.45, 7) is 10.5. The summed E-state index contributed by atoms with van der Waals surface area (Å²) in [6.07, 6.45) is 0. The highest BCUT2D eigenvalue weighted by Gasteiger charge is 2.41. The van der Waals surface area contributed by atoms with Crippen molar-refractivity contribution in [1.82, 2.24) is 4.90 Å². The van der Waals surface area contributed by atoms with Gasteiger partial charge in [0.2, 0.25) is 0 Å². The SMILES string of the molecule is CC1(C)CN(C(CN)c2c(Cl)cccc2Cl)CC(C)(C)O1. The second-order valence-electron chi connectivity index (χ2n) is 6.91. The van der Waals surface area contributed by atoms with E-state index >= 15 is 0 Å². The molecule has 0 amide bonds. The highest BCUT2D eigenvalue weighted by Crippen LogP contribution is 2.38. The Labute approximate surface area is 137 Å². The van der Waals surface area contributed by atoms with Crippen molar-refractivity contribution in [3.8, 4) is 0 Å². The molecule has 1 aromatic carbocycles. The number of nitrogens with two attached hydrogens (primary N) is 1. The van der Waals surface area contributed by atoms with Crippen LogP contribution < -0.4 is 5.73 Å². The number of hydrogen-bond donors (Lipinski definition) is 1. The molecule has 1 aliphatic heterocycles. The summed E-state index contributed by atoms with van der Waals surface area (Å²) in [4.78, 5) is 2.33. The fourth-order valence-electron chi connectivity index (χ4n) is 3.35. The Balaban J connectivity index is 2.37. The Bertz CT molecular complexity index is 481. The summed E-state index contributed by atoms with van der Waals surface area (Å²) in [5.41, 5.74) is 6.50. The van der Waals surface area contributed by atoms with Crippen molar-refractivity contribution >= 4 is 23.2 Å². The lowest BCUT2D eigenvalue weighted by molar-refractivity contribution is -0.187. The van der Waals surface area contributed by atoms with Crippen molar-refractivity contribution in [3.05, 3.63) is 33.8 Å². The topological polar surface area (TPSA) is 38.5 Å². The second kappa shape index (κ2) is 6.05. The molecule has 5 heteroatoms. The zero-order chi connectivity index (χ0) is 15.8. The molecule has 1 saturated heterocycles. The van der Waals surface area contributed by atoms with Crippen LogP contribution in [0.4, 0.5) is 0 Å². The average molecular weight is 331 g/mol. The maximum atomic E-state index is 6.37. The lowest BCUT2D eigenvalue weighted by Gasteiger charge is -2.49. The van der Waals surface area contributed by atoms with Gasteiger partial charge in [-0.1, -0.05) is 29.3 Å². The maximum Gasteiger partial charge on any atom is 0.0761 e. The first kappa shape index (κ1) is 17.0. The van der Waals surface area contributed by atoms with Gasteiger partial charge in [-0.05, 0) is 39.8 Å². The number of morpholine rings is 1. The minimum atomic E-state index is -0.233. The first-order valence-electron chi connectivity index (χ1n) is 7.23. The van der Waals surface area contributed by atoms with E-state index < -0.39 is 0 Å². The predicted octanol–water partition coefficient (Wildman–Crippen LogP) is 3.88. The second-order valence-corrected chi connectivity index (χ2v) is 7.73. The van der Waals surface area contributed by atoms with E-state index in [0.29, 0.717) is 16.6 Å². The molecule has 1 heterocycles. The van der Waals surface area contributed by atoms with E-state index in [4.69, 9.17) is 33.7 Å². The molecular weight excluding hydrogens is 307 g/mol. The van der Waals surface area contributed by atoms with Gasteiger partial charge in [0.25, 0.3) is 0 Å². The van der Waals surface area contributed by atoms with E-state index in [1.807, 2.05) is 18.2 Å². The summed E-state index contributed by atoms with van der Waals surface area (Å²) in [5.74, 6) is 0. The van der Waals surface area contributed by atoms with Crippen LogP contribution >= 0.6 is 23.2 Å². The van der Waals surface area contributed by atoms with Gasteiger partial charge in [0, 0.05) is 35.2 Å². The zero-order valence-corrected chi connectivity index (χ0v) is 14.6. The first-order valence-corrected chi connectivity index (χ1v) is 7.99. The van der Waals surface area contributed by atoms with Crippen LogP contribution in [0.15, 0.2) is 18.2 Å². The number of halogens is 2. The van der Waals surface area contributed by atoms with Crippen molar-refractivity contribution in [3.63, 3.8) is 0 Å². The molecule has 1 aliphatic rings. The molecule has 3 nitrogen and oxygen atoms in total. The van der Waals surface area contributed by atoms with Gasteiger partial charge in [0.15, 0.2) is 0 Å². The van der Waals surface area contributed by atoms with E-state index in [1.54, 1.807) is 0 Å². The van der Waals surface area contributed by atoms with Gasteiger partial charge in [-0.25, -0.2) is 0 Å². The molecular formula is C16H24Cl2N2O. The van der Waals surface area contributed by atoms with Gasteiger partial charge in [0.05, 0.1) is 17.2 Å². The molecule has 21 heavy (non-hydrogen) atoms. The monoisotopic (exact) mass is 330 g/mol. The summed E-state index contributed by atoms with van der Waals surface area (Å²) < 4.78 is 6.13. The summed E-state index contributed by atoms with van der Waals surface area (Å²) in [7, 11) is 0. The Hall–Kier alpha value is -0.320. The van der Waals surface area contributed by atoms with E-state index in [2.05, 4.69) is 32.6 Å². The molecule has 118 valence electrons. The fourth-order valence-corrected chi connectivity index (χ4v) is 3.99. The molecule has 0 spiro atoms. The van der Waals surface area contributed by atoms with Gasteiger partial charge >= 0.3 is 0 Å². The summed E-state index contributed by atoms with van der Waals surface area (Å²) >= 11 is 12.7. The number of hydrogen-bond acceptors (Lipinski definition) is 3. The third kappa shape index (κ3) is 3.91. The fraction of sp³-hybridized carbons (Fsp3) is 0.625. The van der Waals surface area contributed by atoms with Crippen molar-refractivity contribution in [2.75, 3.05) is 19.6 Å². The van der Waals surface area contributed by atoms with E-state index in [0.717, 1.165) is 18.7 Å². The molecule has 2 rings (SSSR count). The number of benzene rings is 1. The third-order valence-electron chi connectivity index (χ3n) is 3.72. The van der Waals surface area contributed by atoms with Gasteiger partial charge in [-0.15, -0.1) is 0 Å². The molecule has 0 saturated carbocycles. The van der Waals surface area contributed by atoms with Gasteiger partial charge < -0.3 is 10.5 Å². The highest BCUT2D eigenvalue weighted by molar-refractivity contribution is 6.36. The molecule has 0 bridgehead atoms. The standard InChI is InChI=1S/C16H24Cl2N2O/c1-15(2)9-20(10-16(3,4)21-15)13(8-19)14-11(17)6-5-7-12(14)18/h5-7,13H,8-10,19H2,1-4H3. The van der Waals surface area contributed by atoms with Gasteiger partial charge in [-0.3, -0.25) is 4.90 Å². The molecule has 0 aromatic heterocycles. The summed E-state index contributed by atoms with van der Waals surface area (Å²) in [5, 5.41) is 1.33. The quantitative estimate of drug-likeness (QED) is 0.913. The smallest absolute Gasteiger partial charge is 0.0761 e. The average Bonchev–Trinajstić information content (AvgIpc) is 2.29. The first-order chi connectivity index (χ1) is 9.65. The number of ether oxygens (including phenoxy) is 1. The lowest BCUT2D eigenvalue weighted by Crippen LogP contribution is -2.58. The van der Waals surface area contributed by atoms with Crippen LogP contribution in [0.2, 0.25) is 10.0 Å². The van der Waals surface area contributed by atoms with Crippen molar-refractivity contribution in [2.24, 2.45) is 5.73 Å². The normalized spacial score (nSPS) is 23.0. The molecule has 0 radical (unpaired) electrons. The van der Waals surface area contributed by atoms with Crippen LogP contribution in [0.1, 0.15) is 39.3 Å². The minimum Gasteiger partial charge on any atom is -0.367 e. The molecule has 2 N–H and O–H groups in total. The number of nitrogens with zero attached hydrogens (tertiary/aromatic N) is 1. The van der Waals surface area contributed by atoms with E-state index in [9.17, 15) is 0 Å². The van der Waals surface area contributed by atoms with Crippen LogP contribution in [0.3, 0.4) is 0 Å². The van der Waals surface area contributed by atoms with Crippen LogP contribution in [0, 0.1) is 0 Å². The molecule has 0 aliphatic carbocycles. The van der Waals surface area contributed by atoms with Crippen molar-refractivity contribution in [1.29, 1.82) is 0 Å². The lowest BCUT2D eigenvalue weighted by atomic mass is 9.95. The Morgan fingerprint density at radius 2 is 1.62 bits per heavy atom. The van der Waals surface area contributed by atoms with Gasteiger partial charge in [0.1, 0.15) is 0 Å². The molecule has 1 unspecified atom stereocenters. The molecule has 1 atom stereocenters. The van der Waals surface area contributed by atoms with Gasteiger partial charge in [-0.2, -0.15) is 0 Å². The molecule has 1 aromatic rings. The van der Waals surface area contributed by atoms with Crippen molar-refractivity contribution < 1.29 is 4.74 Å². The summed E-state index contributed by atoms with van der Waals surface area (Å²) in [6, 6.07) is 5.58. The maximum absolute atomic E-state index is 6.37.